The molecule has 0 aromatic carbocycles. The van der Waals surface area contributed by atoms with E-state index in [9.17, 15) is 43.8 Å². The molecular formula is C26H43N5O9. The molecule has 5 atom stereocenters. The Morgan fingerprint density at radius 2 is 1.25 bits per heavy atom. The Morgan fingerprint density at radius 1 is 0.750 bits per heavy atom. The highest BCUT2D eigenvalue weighted by Crippen LogP contribution is 2.13. The van der Waals surface area contributed by atoms with E-state index in [1.54, 1.807) is 20.8 Å². The third-order valence-corrected chi connectivity index (χ3v) is 6.66. The molecule has 1 aliphatic rings. The molecule has 0 aromatic heterocycles. The molecule has 1 fully saturated rings. The first-order valence-electron chi connectivity index (χ1n) is 13.6. The van der Waals surface area contributed by atoms with E-state index in [0.717, 1.165) is 12.8 Å². The van der Waals surface area contributed by atoms with Crippen molar-refractivity contribution in [3.63, 3.8) is 0 Å². The number of carbonyl (C=O) groups excluding carboxylic acids is 5. The van der Waals surface area contributed by atoms with Gasteiger partial charge in [0.25, 0.3) is 0 Å². The zero-order valence-corrected chi connectivity index (χ0v) is 23.8. The minimum absolute atomic E-state index is 0.0674. The minimum atomic E-state index is -1.68. The summed E-state index contributed by atoms with van der Waals surface area (Å²) in [6.07, 6.45) is 0.831. The number of hydrogen-bond donors (Lipinski definition) is 6. The Hall–Kier alpha value is -3.71. The Labute approximate surface area is 234 Å². The van der Waals surface area contributed by atoms with E-state index < -0.39 is 78.5 Å². The minimum Gasteiger partial charge on any atom is -0.481 e. The number of likely N-dealkylation sites (tertiary alicyclic amines) is 1. The van der Waals surface area contributed by atoms with Crippen molar-refractivity contribution in [1.82, 2.24) is 26.2 Å². The number of hydrogen-bond acceptors (Lipinski definition) is 7. The van der Waals surface area contributed by atoms with E-state index in [1.807, 2.05) is 6.92 Å². The van der Waals surface area contributed by atoms with Gasteiger partial charge in [0.15, 0.2) is 0 Å². The lowest BCUT2D eigenvalue weighted by Gasteiger charge is -2.28. The van der Waals surface area contributed by atoms with Crippen molar-refractivity contribution in [2.45, 2.75) is 97.3 Å². The second-order valence-electron chi connectivity index (χ2n) is 10.6. The second kappa shape index (κ2) is 16.4. The van der Waals surface area contributed by atoms with Gasteiger partial charge in [-0.1, -0.05) is 34.1 Å². The summed E-state index contributed by atoms with van der Waals surface area (Å²) >= 11 is 0. The lowest BCUT2D eigenvalue weighted by Crippen LogP contribution is -2.59. The van der Waals surface area contributed by atoms with Gasteiger partial charge in [-0.3, -0.25) is 28.8 Å². The van der Waals surface area contributed by atoms with Crippen molar-refractivity contribution in [3.8, 4) is 0 Å². The second-order valence-corrected chi connectivity index (χ2v) is 10.6. The largest absolute Gasteiger partial charge is 0.481 e. The number of carbonyl (C=O) groups is 7. The van der Waals surface area contributed by atoms with Crippen LogP contribution >= 0.6 is 0 Å². The summed E-state index contributed by atoms with van der Waals surface area (Å²) in [5.41, 5.74) is 0. The summed E-state index contributed by atoms with van der Waals surface area (Å²) in [6, 6.07) is -5.50. The molecule has 6 N–H and O–H groups in total. The molecule has 0 aromatic rings. The summed E-state index contributed by atoms with van der Waals surface area (Å²) in [5, 5.41) is 28.3. The van der Waals surface area contributed by atoms with Crippen LogP contribution in [-0.2, 0) is 33.6 Å². The summed E-state index contributed by atoms with van der Waals surface area (Å²) in [4.78, 5) is 88.6. The van der Waals surface area contributed by atoms with E-state index in [2.05, 4.69) is 21.3 Å². The highest BCUT2D eigenvalue weighted by molar-refractivity contribution is 5.98. The topological polar surface area (TPSA) is 211 Å². The van der Waals surface area contributed by atoms with Crippen molar-refractivity contribution in [3.05, 3.63) is 0 Å². The average Bonchev–Trinajstić information content (AvgIpc) is 3.40. The molecule has 0 aliphatic carbocycles. The summed E-state index contributed by atoms with van der Waals surface area (Å²) in [5.74, 6) is -6.82. The maximum absolute atomic E-state index is 13.3. The van der Waals surface area contributed by atoms with Crippen LogP contribution in [-0.4, -0.2) is 93.8 Å². The molecule has 14 heteroatoms. The molecule has 0 spiro atoms. The highest BCUT2D eigenvalue weighted by atomic mass is 16.4. The fourth-order valence-corrected chi connectivity index (χ4v) is 4.28. The van der Waals surface area contributed by atoms with Gasteiger partial charge in [-0.25, -0.2) is 4.79 Å². The number of rotatable bonds is 16. The standard InChI is InChI=1S/C26H43N5O9/c1-6-15(4)22(27-16(5)32)25(38)29-17(12-20(33)31-9-7-8-10-31)23(36)28-18(13-21(34)35)24(37)30-19(26(39)40)11-14(2)3/h14-15,17-19,22H,6-13H2,1-5H3,(H,27,32)(H,28,36)(H,29,38)(H,30,37)(H,34,35)(H,39,40)/t15?,17-,18-,19-,22-/m0/s1. The molecule has 0 radical (unpaired) electrons. The Bertz CT molecular complexity index is 949. The Balaban J connectivity index is 3.22. The number of aliphatic carboxylic acids is 2. The van der Waals surface area contributed by atoms with Crippen LogP contribution < -0.4 is 21.3 Å². The molecule has 5 amide bonds. The summed E-state index contributed by atoms with van der Waals surface area (Å²) in [6.45, 7) is 9.24. The van der Waals surface area contributed by atoms with Crippen LogP contribution in [0.25, 0.3) is 0 Å². The fraction of sp³-hybridized carbons (Fsp3) is 0.731. The third-order valence-electron chi connectivity index (χ3n) is 6.66. The third kappa shape index (κ3) is 11.6. The zero-order chi connectivity index (χ0) is 30.6. The van der Waals surface area contributed by atoms with Crippen molar-refractivity contribution in [2.24, 2.45) is 11.8 Å². The fourth-order valence-electron chi connectivity index (χ4n) is 4.28. The van der Waals surface area contributed by atoms with Crippen molar-refractivity contribution in [1.29, 1.82) is 0 Å². The molecule has 0 bridgehead atoms. The van der Waals surface area contributed by atoms with Crippen LogP contribution in [0.3, 0.4) is 0 Å². The summed E-state index contributed by atoms with van der Waals surface area (Å²) < 4.78 is 0. The maximum Gasteiger partial charge on any atom is 0.326 e. The lowest BCUT2D eigenvalue weighted by molar-refractivity contribution is -0.144. The molecule has 1 heterocycles. The van der Waals surface area contributed by atoms with Gasteiger partial charge in [-0.15, -0.1) is 0 Å². The van der Waals surface area contributed by atoms with E-state index in [4.69, 9.17) is 0 Å². The predicted molar refractivity (Wildman–Crippen MR) is 143 cm³/mol. The van der Waals surface area contributed by atoms with Gasteiger partial charge >= 0.3 is 11.9 Å². The number of nitrogens with zero attached hydrogens (tertiary/aromatic N) is 1. The van der Waals surface area contributed by atoms with Gasteiger partial charge in [-0.05, 0) is 31.1 Å². The van der Waals surface area contributed by atoms with Crippen LogP contribution in [0, 0.1) is 11.8 Å². The molecule has 1 unspecified atom stereocenters. The van der Waals surface area contributed by atoms with Crippen LogP contribution in [0.15, 0.2) is 0 Å². The first-order chi connectivity index (χ1) is 18.7. The first-order valence-corrected chi connectivity index (χ1v) is 13.6. The molecule has 226 valence electrons. The molecular weight excluding hydrogens is 526 g/mol. The number of carboxylic acids is 2. The van der Waals surface area contributed by atoms with Gasteiger partial charge in [-0.2, -0.15) is 0 Å². The quantitative estimate of drug-likeness (QED) is 0.143. The molecule has 1 rings (SSSR count). The number of carboxylic acid groups (broad SMARTS) is 2. The highest BCUT2D eigenvalue weighted by Gasteiger charge is 2.35. The monoisotopic (exact) mass is 569 g/mol. The van der Waals surface area contributed by atoms with E-state index >= 15 is 0 Å². The molecule has 1 aliphatic heterocycles. The van der Waals surface area contributed by atoms with Crippen LogP contribution in [0.2, 0.25) is 0 Å². The van der Waals surface area contributed by atoms with E-state index in [-0.39, 0.29) is 18.3 Å². The molecule has 14 nitrogen and oxygen atoms in total. The molecule has 0 saturated carbocycles. The number of nitrogens with one attached hydrogen (secondary N) is 4. The Kier molecular flexibility index (Phi) is 14.1. The zero-order valence-electron chi connectivity index (χ0n) is 23.8. The van der Waals surface area contributed by atoms with Crippen LogP contribution in [0.1, 0.15) is 73.1 Å². The van der Waals surface area contributed by atoms with Crippen molar-refractivity contribution in [2.75, 3.05) is 13.1 Å². The van der Waals surface area contributed by atoms with Crippen molar-refractivity contribution >= 4 is 41.5 Å². The molecule has 40 heavy (non-hydrogen) atoms. The van der Waals surface area contributed by atoms with Gasteiger partial charge in [0, 0.05) is 20.0 Å². The Morgan fingerprint density at radius 3 is 1.70 bits per heavy atom. The van der Waals surface area contributed by atoms with Crippen molar-refractivity contribution < 1.29 is 43.8 Å². The van der Waals surface area contributed by atoms with Gasteiger partial charge < -0.3 is 36.4 Å². The SMILES string of the molecule is CCC(C)[C@H](NC(C)=O)C(=O)N[C@@H](CC(=O)N1CCCC1)C(=O)N[C@@H](CC(=O)O)C(=O)N[C@@H](CC(C)C)C(=O)O. The van der Waals surface area contributed by atoms with E-state index in [1.165, 1.54) is 11.8 Å². The lowest BCUT2D eigenvalue weighted by atomic mass is 9.97. The smallest absolute Gasteiger partial charge is 0.326 e. The van der Waals surface area contributed by atoms with Gasteiger partial charge in [0.1, 0.15) is 24.2 Å². The normalized spacial score (nSPS) is 16.7. The van der Waals surface area contributed by atoms with Gasteiger partial charge in [0.2, 0.25) is 29.5 Å². The first kappa shape index (κ1) is 34.3. The van der Waals surface area contributed by atoms with E-state index in [0.29, 0.717) is 19.5 Å². The maximum atomic E-state index is 13.3. The average molecular weight is 570 g/mol. The summed E-state index contributed by atoms with van der Waals surface area (Å²) in [7, 11) is 0. The predicted octanol–water partition coefficient (Wildman–Crippen LogP) is -0.390. The molecule has 1 saturated heterocycles. The van der Waals surface area contributed by atoms with Crippen LogP contribution in [0.5, 0.6) is 0 Å². The van der Waals surface area contributed by atoms with Gasteiger partial charge in [0.05, 0.1) is 12.8 Å². The number of amides is 5. The van der Waals surface area contributed by atoms with Crippen LogP contribution in [0.4, 0.5) is 0 Å².